The fourth-order valence-corrected chi connectivity index (χ4v) is 2.32. The van der Waals surface area contributed by atoms with Gasteiger partial charge in [-0.1, -0.05) is 13.8 Å². The van der Waals surface area contributed by atoms with Crippen molar-refractivity contribution in [3.63, 3.8) is 0 Å². The van der Waals surface area contributed by atoms with Gasteiger partial charge in [-0.15, -0.1) is 0 Å². The molecule has 31 heavy (non-hydrogen) atoms. The molecular formula is C17H28N4O10. The quantitative estimate of drug-likeness (QED) is 0.132. The summed E-state index contributed by atoms with van der Waals surface area (Å²) in [5, 5.41) is 42.3. The number of aliphatic hydroxyl groups is 1. The molecule has 0 aromatic heterocycles. The molecule has 0 rings (SSSR count). The summed E-state index contributed by atoms with van der Waals surface area (Å²) < 4.78 is 0. The van der Waals surface area contributed by atoms with Crippen LogP contribution in [0.15, 0.2) is 0 Å². The average molecular weight is 448 g/mol. The molecule has 0 aliphatic carbocycles. The molecule has 0 aromatic carbocycles. The fraction of sp³-hybridized carbons (Fsp3) is 0.647. The molecule has 0 fully saturated rings. The molecule has 0 radical (unpaired) electrons. The zero-order chi connectivity index (χ0) is 24.3. The van der Waals surface area contributed by atoms with Gasteiger partial charge in [0.15, 0.2) is 0 Å². The van der Waals surface area contributed by atoms with Gasteiger partial charge in [0.05, 0.1) is 13.0 Å². The molecule has 14 heteroatoms. The third-order valence-corrected chi connectivity index (χ3v) is 4.06. The van der Waals surface area contributed by atoms with E-state index in [9.17, 15) is 28.8 Å². The van der Waals surface area contributed by atoms with E-state index in [1.165, 1.54) is 13.8 Å². The second-order valence-electron chi connectivity index (χ2n) is 7.01. The van der Waals surface area contributed by atoms with E-state index in [0.717, 1.165) is 0 Å². The smallest absolute Gasteiger partial charge is 0.326 e. The van der Waals surface area contributed by atoms with Crippen molar-refractivity contribution in [2.45, 2.75) is 57.3 Å². The predicted molar refractivity (Wildman–Crippen MR) is 102 cm³/mol. The molecule has 0 bridgehead atoms. The van der Waals surface area contributed by atoms with Crippen LogP contribution in [0.4, 0.5) is 0 Å². The number of nitrogens with one attached hydrogen (secondary N) is 3. The lowest BCUT2D eigenvalue weighted by atomic mass is 10.0. The van der Waals surface area contributed by atoms with E-state index >= 15 is 0 Å². The molecule has 9 N–H and O–H groups in total. The molecule has 176 valence electrons. The van der Waals surface area contributed by atoms with Crippen molar-refractivity contribution in [1.82, 2.24) is 16.0 Å². The first kappa shape index (κ1) is 27.7. The molecule has 0 saturated carbocycles. The molecular weight excluding hydrogens is 420 g/mol. The number of amides is 3. The number of carboxylic acids is 3. The first-order valence-electron chi connectivity index (χ1n) is 9.24. The summed E-state index contributed by atoms with van der Waals surface area (Å²) in [6.45, 7) is 2.26. The van der Waals surface area contributed by atoms with Gasteiger partial charge < -0.3 is 42.1 Å². The van der Waals surface area contributed by atoms with Crippen LogP contribution in [0, 0.1) is 5.92 Å². The summed E-state index contributed by atoms with van der Waals surface area (Å²) in [6.07, 6.45) is -1.88. The van der Waals surface area contributed by atoms with Crippen molar-refractivity contribution in [3.8, 4) is 0 Å². The van der Waals surface area contributed by atoms with E-state index in [4.69, 9.17) is 26.2 Å². The summed E-state index contributed by atoms with van der Waals surface area (Å²) in [5.74, 6) is -7.84. The second-order valence-corrected chi connectivity index (χ2v) is 7.01. The van der Waals surface area contributed by atoms with Gasteiger partial charge in [-0.25, -0.2) is 4.79 Å². The van der Waals surface area contributed by atoms with Crippen molar-refractivity contribution in [1.29, 1.82) is 0 Å². The molecule has 4 atom stereocenters. The Hall–Kier alpha value is -3.26. The predicted octanol–water partition coefficient (Wildman–Crippen LogP) is -3.16. The summed E-state index contributed by atoms with van der Waals surface area (Å²) in [7, 11) is 0. The number of carbonyl (C=O) groups is 6. The van der Waals surface area contributed by atoms with Gasteiger partial charge in [0.25, 0.3) is 0 Å². The second kappa shape index (κ2) is 13.1. The molecule has 0 saturated heterocycles. The van der Waals surface area contributed by atoms with E-state index in [2.05, 4.69) is 16.0 Å². The molecule has 0 spiro atoms. The van der Waals surface area contributed by atoms with Crippen molar-refractivity contribution >= 4 is 35.6 Å². The Kier molecular flexibility index (Phi) is 11.7. The van der Waals surface area contributed by atoms with Crippen LogP contribution in [0.3, 0.4) is 0 Å². The summed E-state index contributed by atoms with van der Waals surface area (Å²) >= 11 is 0. The Morgan fingerprint density at radius 2 is 1.32 bits per heavy atom. The third-order valence-electron chi connectivity index (χ3n) is 4.06. The highest BCUT2D eigenvalue weighted by molar-refractivity contribution is 5.95. The lowest BCUT2D eigenvalue weighted by Gasteiger charge is -2.25. The van der Waals surface area contributed by atoms with E-state index in [1.807, 2.05) is 0 Å². The van der Waals surface area contributed by atoms with Crippen LogP contribution >= 0.6 is 0 Å². The molecule has 0 aromatic rings. The zero-order valence-corrected chi connectivity index (χ0v) is 17.0. The van der Waals surface area contributed by atoms with Crippen molar-refractivity contribution in [2.75, 3.05) is 6.61 Å². The van der Waals surface area contributed by atoms with Crippen molar-refractivity contribution in [3.05, 3.63) is 0 Å². The van der Waals surface area contributed by atoms with Gasteiger partial charge >= 0.3 is 17.9 Å². The normalized spacial score (nSPS) is 14.6. The van der Waals surface area contributed by atoms with Crippen LogP contribution in [-0.2, 0) is 28.8 Å². The Labute approximate surface area is 177 Å². The monoisotopic (exact) mass is 448 g/mol. The highest BCUT2D eigenvalue weighted by Crippen LogP contribution is 2.05. The number of hydrogen-bond donors (Lipinski definition) is 8. The number of aliphatic carboxylic acids is 3. The number of carboxylic acid groups (broad SMARTS) is 3. The topological polar surface area (TPSA) is 245 Å². The minimum absolute atomic E-state index is 0.420. The highest BCUT2D eigenvalue weighted by atomic mass is 16.4. The Morgan fingerprint density at radius 3 is 1.74 bits per heavy atom. The Bertz CT molecular complexity index is 696. The number of rotatable bonds is 14. The van der Waals surface area contributed by atoms with Crippen LogP contribution in [0.1, 0.15) is 33.1 Å². The fourth-order valence-electron chi connectivity index (χ4n) is 2.32. The van der Waals surface area contributed by atoms with E-state index < -0.39 is 91.6 Å². The standard InChI is InChI=1S/C17H28N4O10/c1-7(2)13(17(30)31)21-16(29)10(5-12(25)26)20-15(28)9(3-4-11(23)24)19-14(27)8(18)6-22/h7-10,13,22H,3-6,18H2,1-2H3,(H,19,27)(H,20,28)(H,21,29)(H,23,24)(H,25,26)(H,30,31). The zero-order valence-electron chi connectivity index (χ0n) is 17.0. The van der Waals surface area contributed by atoms with Gasteiger partial charge in [0.2, 0.25) is 17.7 Å². The van der Waals surface area contributed by atoms with E-state index in [-0.39, 0.29) is 0 Å². The van der Waals surface area contributed by atoms with Gasteiger partial charge in [-0.05, 0) is 12.3 Å². The Morgan fingerprint density at radius 1 is 0.806 bits per heavy atom. The molecule has 0 heterocycles. The maximum Gasteiger partial charge on any atom is 0.326 e. The largest absolute Gasteiger partial charge is 0.481 e. The number of hydrogen-bond acceptors (Lipinski definition) is 8. The number of nitrogens with two attached hydrogens (primary N) is 1. The van der Waals surface area contributed by atoms with Gasteiger partial charge in [-0.2, -0.15) is 0 Å². The van der Waals surface area contributed by atoms with Gasteiger partial charge in [-0.3, -0.25) is 24.0 Å². The summed E-state index contributed by atoms with van der Waals surface area (Å²) in [4.78, 5) is 70.0. The molecule has 14 nitrogen and oxygen atoms in total. The van der Waals surface area contributed by atoms with Crippen LogP contribution in [-0.4, -0.2) is 86.8 Å². The SMILES string of the molecule is CC(C)C(NC(=O)C(CC(=O)O)NC(=O)C(CCC(=O)O)NC(=O)C(N)CO)C(=O)O. The van der Waals surface area contributed by atoms with Gasteiger partial charge in [0, 0.05) is 6.42 Å². The maximum absolute atomic E-state index is 12.5. The van der Waals surface area contributed by atoms with Crippen molar-refractivity contribution < 1.29 is 49.2 Å². The first-order valence-corrected chi connectivity index (χ1v) is 9.24. The maximum atomic E-state index is 12.5. The average Bonchev–Trinajstić information content (AvgIpc) is 2.66. The number of carbonyl (C=O) groups excluding carboxylic acids is 3. The van der Waals surface area contributed by atoms with Crippen molar-refractivity contribution in [2.24, 2.45) is 11.7 Å². The van der Waals surface area contributed by atoms with Crippen LogP contribution in [0.5, 0.6) is 0 Å². The van der Waals surface area contributed by atoms with E-state index in [0.29, 0.717) is 0 Å². The first-order chi connectivity index (χ1) is 14.3. The summed E-state index contributed by atoms with van der Waals surface area (Å²) in [6, 6.07) is -5.97. The highest BCUT2D eigenvalue weighted by Gasteiger charge is 2.32. The lowest BCUT2D eigenvalue weighted by Crippen LogP contribution is -2.58. The lowest BCUT2D eigenvalue weighted by molar-refractivity contribution is -0.144. The molecule has 0 aliphatic rings. The minimum atomic E-state index is -1.71. The molecule has 3 amide bonds. The van der Waals surface area contributed by atoms with Gasteiger partial charge in [0.1, 0.15) is 24.2 Å². The molecule has 0 aliphatic heterocycles. The molecule has 4 unspecified atom stereocenters. The third kappa shape index (κ3) is 10.4. The Balaban J connectivity index is 5.53. The summed E-state index contributed by atoms with van der Waals surface area (Å²) in [5.41, 5.74) is 5.34. The minimum Gasteiger partial charge on any atom is -0.481 e. The van der Waals surface area contributed by atoms with E-state index in [1.54, 1.807) is 0 Å². The van der Waals surface area contributed by atoms with Crippen LogP contribution in [0.25, 0.3) is 0 Å². The van der Waals surface area contributed by atoms with Crippen LogP contribution in [0.2, 0.25) is 0 Å². The van der Waals surface area contributed by atoms with Crippen LogP contribution < -0.4 is 21.7 Å². The number of aliphatic hydroxyl groups excluding tert-OH is 1.